The molecule has 0 saturated heterocycles. The Morgan fingerprint density at radius 1 is 1.06 bits per heavy atom. The Bertz CT molecular complexity index is 1140. The first-order valence-corrected chi connectivity index (χ1v) is 12.9. The molecule has 0 aromatic heterocycles. The van der Waals surface area contributed by atoms with Crippen molar-refractivity contribution in [3.63, 3.8) is 0 Å². The highest BCUT2D eigenvalue weighted by atomic mass is 35.5. The monoisotopic (exact) mass is 593 g/mol. The summed E-state index contributed by atoms with van der Waals surface area (Å²) in [6.45, 7) is 3.17. The van der Waals surface area contributed by atoms with Crippen LogP contribution < -0.4 is 5.32 Å². The first-order valence-electron chi connectivity index (χ1n) is 10.3. The van der Waals surface area contributed by atoms with Crippen LogP contribution in [-0.4, -0.2) is 33.8 Å². The fraction of sp³-hybridized carbons (Fsp3) is 0.348. The maximum atomic E-state index is 13.7. The van der Waals surface area contributed by atoms with E-state index in [1.165, 1.54) is 6.92 Å². The van der Waals surface area contributed by atoms with Crippen molar-refractivity contribution in [2.45, 2.75) is 38.2 Å². The molecule has 0 aliphatic heterocycles. The van der Waals surface area contributed by atoms with Gasteiger partial charge in [0.05, 0.1) is 32.1 Å². The predicted molar refractivity (Wildman–Crippen MR) is 131 cm³/mol. The molecule has 0 saturated carbocycles. The third-order valence-corrected chi connectivity index (χ3v) is 7.64. The number of alkyl halides is 6. The highest BCUT2D eigenvalue weighted by Crippen LogP contribution is 2.41. The predicted octanol–water partition coefficient (Wildman–Crippen LogP) is 7.91. The first kappa shape index (κ1) is 30.5. The zero-order valence-corrected chi connectivity index (χ0v) is 21.8. The largest absolute Gasteiger partial charge is 0.417 e. The molecule has 3 atom stereocenters. The molecule has 2 aromatic rings. The van der Waals surface area contributed by atoms with Gasteiger partial charge in [-0.1, -0.05) is 59.9 Å². The smallest absolute Gasteiger partial charge is 0.349 e. The second-order valence-electron chi connectivity index (χ2n) is 7.75. The molecular weight excluding hydrogens is 575 g/mol. The van der Waals surface area contributed by atoms with Crippen molar-refractivity contribution in [3.05, 3.63) is 73.7 Å². The lowest BCUT2D eigenvalue weighted by molar-refractivity contribution is -0.139. The molecule has 1 amide bonds. The molecule has 1 N–H and O–H groups in total. The molecule has 0 heterocycles. The topological polar surface area (TPSA) is 46.2 Å². The number of rotatable bonds is 8. The molecule has 2 rings (SSSR count). The lowest BCUT2D eigenvalue weighted by atomic mass is 9.96. The van der Waals surface area contributed by atoms with Crippen LogP contribution in [0.5, 0.6) is 0 Å². The van der Waals surface area contributed by atoms with Crippen LogP contribution in [-0.2, 0) is 17.0 Å². The molecule has 36 heavy (non-hydrogen) atoms. The zero-order valence-electron chi connectivity index (χ0n) is 18.7. The number of halogens is 9. The molecule has 0 radical (unpaired) electrons. The van der Waals surface area contributed by atoms with Crippen LogP contribution in [0, 0.1) is 0 Å². The van der Waals surface area contributed by atoms with Crippen molar-refractivity contribution in [2.75, 3.05) is 11.5 Å². The standard InChI is InChI=1S/C23H20Cl3F6NO2S/c1-3-36(35)11-12(2)33-21(34)15-6-4-13(8-17(15)23(30,31)32)5-7-16(22(27,28)29)14-9-18(24)20(26)19(25)10-14/h4-10,12,16H,3,11H2,1-2H3,(H,33,34)/b7-5+/t12-,16?,36?/m1/s1. The van der Waals surface area contributed by atoms with E-state index in [1.807, 2.05) is 0 Å². The van der Waals surface area contributed by atoms with E-state index in [2.05, 4.69) is 5.32 Å². The van der Waals surface area contributed by atoms with Crippen molar-refractivity contribution in [1.29, 1.82) is 0 Å². The van der Waals surface area contributed by atoms with E-state index < -0.39 is 52.1 Å². The van der Waals surface area contributed by atoms with Gasteiger partial charge < -0.3 is 5.32 Å². The molecule has 13 heteroatoms. The molecular formula is C23H20Cl3F6NO2S. The summed E-state index contributed by atoms with van der Waals surface area (Å²) in [4.78, 5) is 12.5. The van der Waals surface area contributed by atoms with E-state index in [0.29, 0.717) is 17.9 Å². The van der Waals surface area contributed by atoms with Gasteiger partial charge >= 0.3 is 12.4 Å². The summed E-state index contributed by atoms with van der Waals surface area (Å²) in [5, 5.41) is 1.80. The number of carbonyl (C=O) groups is 1. The van der Waals surface area contributed by atoms with E-state index >= 15 is 0 Å². The summed E-state index contributed by atoms with van der Waals surface area (Å²) in [6.07, 6.45) is -8.27. The second-order valence-corrected chi connectivity index (χ2v) is 10.7. The number of benzene rings is 2. The molecule has 3 nitrogen and oxygen atoms in total. The van der Waals surface area contributed by atoms with Crippen LogP contribution in [0.2, 0.25) is 15.1 Å². The third-order valence-electron chi connectivity index (χ3n) is 4.93. The molecule has 0 fully saturated rings. The Hall–Kier alpha value is -1.75. The molecule has 0 spiro atoms. The maximum Gasteiger partial charge on any atom is 0.417 e. The minimum absolute atomic E-state index is 0.0575. The van der Waals surface area contributed by atoms with Gasteiger partial charge in [0.2, 0.25) is 0 Å². The number of hydrogen-bond acceptors (Lipinski definition) is 2. The van der Waals surface area contributed by atoms with Crippen LogP contribution in [0.25, 0.3) is 6.08 Å². The Kier molecular flexibility index (Phi) is 10.3. The lowest BCUT2D eigenvalue weighted by Crippen LogP contribution is -2.37. The van der Waals surface area contributed by atoms with Crippen LogP contribution in [0.4, 0.5) is 26.3 Å². The Balaban J connectivity index is 2.43. The minimum Gasteiger partial charge on any atom is -0.349 e. The number of carbonyl (C=O) groups excluding carboxylic acids is 1. The third kappa shape index (κ3) is 8.13. The average molecular weight is 595 g/mol. The summed E-state index contributed by atoms with van der Waals surface area (Å²) in [5.74, 6) is -2.91. The van der Waals surface area contributed by atoms with Gasteiger partial charge in [-0.25, -0.2) is 0 Å². The van der Waals surface area contributed by atoms with Crippen molar-refractivity contribution >= 4 is 57.6 Å². The maximum absolute atomic E-state index is 13.7. The van der Waals surface area contributed by atoms with E-state index in [9.17, 15) is 35.3 Å². The van der Waals surface area contributed by atoms with Gasteiger partial charge in [0.1, 0.15) is 0 Å². The van der Waals surface area contributed by atoms with E-state index in [0.717, 1.165) is 30.3 Å². The van der Waals surface area contributed by atoms with Gasteiger partial charge in [-0.05, 0) is 42.3 Å². The first-order chi connectivity index (χ1) is 16.5. The van der Waals surface area contributed by atoms with Crippen molar-refractivity contribution < 1.29 is 35.3 Å². The van der Waals surface area contributed by atoms with E-state index in [1.54, 1.807) is 6.92 Å². The summed E-state index contributed by atoms with van der Waals surface area (Å²) in [7, 11) is -1.25. The molecule has 0 aliphatic carbocycles. The summed E-state index contributed by atoms with van der Waals surface area (Å²) < 4.78 is 93.9. The molecule has 0 aliphatic rings. The van der Waals surface area contributed by atoms with Gasteiger partial charge in [-0.2, -0.15) is 26.3 Å². The summed E-state index contributed by atoms with van der Waals surface area (Å²) in [5.41, 5.74) is -2.62. The van der Waals surface area contributed by atoms with E-state index in [-0.39, 0.29) is 31.9 Å². The van der Waals surface area contributed by atoms with Crippen LogP contribution in [0.15, 0.2) is 36.4 Å². The number of allylic oxidation sites excluding steroid dienone is 1. The number of hydrogen-bond donors (Lipinski definition) is 1. The normalized spacial score (nSPS) is 15.1. The highest BCUT2D eigenvalue weighted by Gasteiger charge is 2.40. The second kappa shape index (κ2) is 12.2. The molecule has 2 aromatic carbocycles. The van der Waals surface area contributed by atoms with Crippen molar-refractivity contribution in [1.82, 2.24) is 5.32 Å². The van der Waals surface area contributed by atoms with Crippen LogP contribution >= 0.6 is 34.8 Å². The Labute approximate surface area is 221 Å². The van der Waals surface area contributed by atoms with E-state index in [4.69, 9.17) is 34.8 Å². The van der Waals surface area contributed by atoms with Gasteiger partial charge in [0.15, 0.2) is 0 Å². The fourth-order valence-corrected chi connectivity index (χ4v) is 4.70. The molecule has 198 valence electrons. The average Bonchev–Trinajstić information content (AvgIpc) is 2.75. The van der Waals surface area contributed by atoms with Crippen molar-refractivity contribution in [2.24, 2.45) is 0 Å². The quantitative estimate of drug-likeness (QED) is 0.249. The van der Waals surface area contributed by atoms with Gasteiger partial charge in [0, 0.05) is 28.3 Å². The van der Waals surface area contributed by atoms with Gasteiger partial charge in [-0.15, -0.1) is 0 Å². The molecule has 0 bridgehead atoms. The minimum atomic E-state index is -4.97. The molecule has 2 unspecified atom stereocenters. The van der Waals surface area contributed by atoms with Gasteiger partial charge in [0.25, 0.3) is 5.91 Å². The highest BCUT2D eigenvalue weighted by molar-refractivity contribution is 7.84. The lowest BCUT2D eigenvalue weighted by Gasteiger charge is -2.19. The number of amides is 1. The fourth-order valence-electron chi connectivity index (χ4n) is 3.21. The Morgan fingerprint density at radius 2 is 1.64 bits per heavy atom. The summed E-state index contributed by atoms with van der Waals surface area (Å²) >= 11 is 17.5. The summed E-state index contributed by atoms with van der Waals surface area (Å²) in [6, 6.07) is 3.82. The number of nitrogens with one attached hydrogen (secondary N) is 1. The zero-order chi connectivity index (χ0) is 27.4. The van der Waals surface area contributed by atoms with Gasteiger partial charge in [-0.3, -0.25) is 9.00 Å². The van der Waals surface area contributed by atoms with Crippen LogP contribution in [0.3, 0.4) is 0 Å². The van der Waals surface area contributed by atoms with Crippen LogP contribution in [0.1, 0.15) is 46.8 Å². The van der Waals surface area contributed by atoms with Crippen molar-refractivity contribution in [3.8, 4) is 0 Å². The SMILES string of the molecule is CCS(=O)C[C@@H](C)NC(=O)c1ccc(/C=C/C(c2cc(Cl)c(Cl)c(Cl)c2)C(F)(F)F)cc1C(F)(F)F. The Morgan fingerprint density at radius 3 is 2.14 bits per heavy atom.